The lowest BCUT2D eigenvalue weighted by molar-refractivity contribution is -0.142. The van der Waals surface area contributed by atoms with Crippen molar-refractivity contribution in [1.82, 2.24) is 9.03 Å². The third kappa shape index (κ3) is 3.15. The molecule has 0 amide bonds. The first kappa shape index (κ1) is 12.4. The summed E-state index contributed by atoms with van der Waals surface area (Å²) < 4.78 is 26.7. The Balaban J connectivity index is 2.67. The van der Waals surface area contributed by atoms with Gasteiger partial charge in [-0.1, -0.05) is 6.92 Å². The Labute approximate surface area is 89.4 Å². The van der Waals surface area contributed by atoms with Crippen LogP contribution in [0.25, 0.3) is 0 Å². The third-order valence-electron chi connectivity index (χ3n) is 2.40. The number of hydrogen-bond acceptors (Lipinski definition) is 3. The fraction of sp³-hybridized carbons (Fsp3) is 0.875. The number of hydrogen-bond donors (Lipinski definition) is 2. The molecule has 2 N–H and O–H groups in total. The number of rotatable bonds is 4. The van der Waals surface area contributed by atoms with Gasteiger partial charge in [-0.2, -0.15) is 12.7 Å². The zero-order chi connectivity index (χ0) is 11.5. The van der Waals surface area contributed by atoms with Crippen molar-refractivity contribution in [2.45, 2.75) is 19.8 Å². The van der Waals surface area contributed by atoms with E-state index in [1.807, 2.05) is 0 Å². The van der Waals surface area contributed by atoms with Gasteiger partial charge in [-0.3, -0.25) is 4.79 Å². The lowest BCUT2D eigenvalue weighted by Gasteiger charge is -2.29. The first-order valence-electron chi connectivity index (χ1n) is 4.95. The van der Waals surface area contributed by atoms with Gasteiger partial charge in [0, 0.05) is 19.6 Å². The molecule has 1 rings (SSSR count). The Hall–Kier alpha value is -0.660. The van der Waals surface area contributed by atoms with Crippen molar-refractivity contribution >= 4 is 16.2 Å². The molecule has 1 aliphatic heterocycles. The van der Waals surface area contributed by atoms with Gasteiger partial charge in [0.15, 0.2) is 0 Å². The molecule has 1 heterocycles. The minimum absolute atomic E-state index is 0.0741. The predicted octanol–water partition coefficient (Wildman–Crippen LogP) is -0.363. The average molecular weight is 236 g/mol. The van der Waals surface area contributed by atoms with E-state index in [0.29, 0.717) is 25.9 Å². The summed E-state index contributed by atoms with van der Waals surface area (Å²) in [5, 5.41) is 8.81. The highest BCUT2D eigenvalue weighted by Crippen LogP contribution is 2.18. The van der Waals surface area contributed by atoms with Gasteiger partial charge in [0.05, 0.1) is 5.92 Å². The van der Waals surface area contributed by atoms with Crippen molar-refractivity contribution in [1.29, 1.82) is 0 Å². The summed E-state index contributed by atoms with van der Waals surface area (Å²) in [4.78, 5) is 10.7. The molecule has 88 valence electrons. The van der Waals surface area contributed by atoms with Crippen molar-refractivity contribution in [2.24, 2.45) is 5.92 Å². The van der Waals surface area contributed by atoms with Gasteiger partial charge in [-0.05, 0) is 12.8 Å². The molecule has 1 fully saturated rings. The molecule has 1 atom stereocenters. The number of nitrogens with one attached hydrogen (secondary N) is 1. The molecule has 0 saturated carbocycles. The normalized spacial score (nSPS) is 23.9. The van der Waals surface area contributed by atoms with Crippen LogP contribution in [0.4, 0.5) is 0 Å². The first-order chi connectivity index (χ1) is 6.97. The van der Waals surface area contributed by atoms with E-state index in [9.17, 15) is 13.2 Å². The molecule has 0 aliphatic carbocycles. The molecular weight excluding hydrogens is 220 g/mol. The number of carbonyl (C=O) groups is 1. The topological polar surface area (TPSA) is 86.7 Å². The second-order valence-corrected chi connectivity index (χ2v) is 5.29. The van der Waals surface area contributed by atoms with Crippen LogP contribution >= 0.6 is 0 Å². The molecule has 1 aliphatic rings. The zero-order valence-electron chi connectivity index (χ0n) is 8.64. The summed E-state index contributed by atoms with van der Waals surface area (Å²) in [6, 6.07) is 0. The van der Waals surface area contributed by atoms with Crippen LogP contribution in [0, 0.1) is 5.92 Å². The van der Waals surface area contributed by atoms with E-state index in [1.165, 1.54) is 4.31 Å². The Kier molecular flexibility index (Phi) is 4.06. The monoisotopic (exact) mass is 236 g/mol. The van der Waals surface area contributed by atoms with Gasteiger partial charge >= 0.3 is 5.97 Å². The SMILES string of the molecule is CCNS(=O)(=O)N1CCCC(C(=O)O)C1. The maximum absolute atomic E-state index is 11.6. The van der Waals surface area contributed by atoms with E-state index in [4.69, 9.17) is 5.11 Å². The lowest BCUT2D eigenvalue weighted by atomic mass is 10.0. The fourth-order valence-electron chi connectivity index (χ4n) is 1.64. The Morgan fingerprint density at radius 3 is 2.80 bits per heavy atom. The molecule has 0 aromatic heterocycles. The zero-order valence-corrected chi connectivity index (χ0v) is 9.46. The van der Waals surface area contributed by atoms with E-state index in [0.717, 1.165) is 0 Å². The molecule has 0 bridgehead atoms. The van der Waals surface area contributed by atoms with Crippen molar-refractivity contribution in [3.05, 3.63) is 0 Å². The van der Waals surface area contributed by atoms with Crippen LogP contribution in [0.15, 0.2) is 0 Å². The first-order valence-corrected chi connectivity index (χ1v) is 6.39. The maximum atomic E-state index is 11.6. The van der Waals surface area contributed by atoms with E-state index >= 15 is 0 Å². The number of carboxylic acid groups (broad SMARTS) is 1. The number of piperidine rings is 1. The summed E-state index contributed by atoms with van der Waals surface area (Å²) in [7, 11) is -3.48. The molecule has 0 radical (unpaired) electrons. The molecule has 1 saturated heterocycles. The molecule has 1 unspecified atom stereocenters. The summed E-state index contributed by atoms with van der Waals surface area (Å²) in [6.07, 6.45) is 1.15. The van der Waals surface area contributed by atoms with Crippen LogP contribution in [0.2, 0.25) is 0 Å². The summed E-state index contributed by atoms with van der Waals surface area (Å²) >= 11 is 0. The van der Waals surface area contributed by atoms with Gasteiger partial charge < -0.3 is 5.11 Å². The van der Waals surface area contributed by atoms with Gasteiger partial charge in [0.25, 0.3) is 10.2 Å². The van der Waals surface area contributed by atoms with Crippen LogP contribution in [-0.4, -0.2) is 43.4 Å². The van der Waals surface area contributed by atoms with E-state index in [-0.39, 0.29) is 6.54 Å². The van der Waals surface area contributed by atoms with Gasteiger partial charge in [-0.25, -0.2) is 4.72 Å². The molecular formula is C8H16N2O4S. The average Bonchev–Trinajstić information content (AvgIpc) is 2.18. The Morgan fingerprint density at radius 2 is 2.27 bits per heavy atom. The summed E-state index contributed by atoms with van der Waals surface area (Å²) in [5.74, 6) is -1.50. The fourth-order valence-corrected chi connectivity index (χ4v) is 2.93. The highest BCUT2D eigenvalue weighted by molar-refractivity contribution is 7.87. The van der Waals surface area contributed by atoms with E-state index in [1.54, 1.807) is 6.92 Å². The maximum Gasteiger partial charge on any atom is 0.307 e. The van der Waals surface area contributed by atoms with Crippen molar-refractivity contribution in [3.63, 3.8) is 0 Å². The van der Waals surface area contributed by atoms with Crippen LogP contribution in [0.5, 0.6) is 0 Å². The minimum Gasteiger partial charge on any atom is -0.481 e. The molecule has 0 spiro atoms. The highest BCUT2D eigenvalue weighted by atomic mass is 32.2. The highest BCUT2D eigenvalue weighted by Gasteiger charge is 2.31. The molecule has 7 heteroatoms. The molecule has 0 aromatic rings. The smallest absolute Gasteiger partial charge is 0.307 e. The second kappa shape index (κ2) is 4.91. The van der Waals surface area contributed by atoms with Crippen LogP contribution in [0.3, 0.4) is 0 Å². The third-order valence-corrected chi connectivity index (χ3v) is 4.06. The largest absolute Gasteiger partial charge is 0.481 e. The quantitative estimate of drug-likeness (QED) is 0.697. The van der Waals surface area contributed by atoms with E-state index in [2.05, 4.69) is 4.72 Å². The predicted molar refractivity (Wildman–Crippen MR) is 54.5 cm³/mol. The van der Waals surface area contributed by atoms with Crippen molar-refractivity contribution < 1.29 is 18.3 Å². The van der Waals surface area contributed by atoms with Crippen LogP contribution in [0.1, 0.15) is 19.8 Å². The summed E-state index contributed by atoms with van der Waals surface area (Å²) in [5.41, 5.74) is 0. The van der Waals surface area contributed by atoms with Gasteiger partial charge in [0.1, 0.15) is 0 Å². The number of carboxylic acids is 1. The molecule has 15 heavy (non-hydrogen) atoms. The van der Waals surface area contributed by atoms with Crippen molar-refractivity contribution in [2.75, 3.05) is 19.6 Å². The van der Waals surface area contributed by atoms with E-state index < -0.39 is 22.1 Å². The number of aliphatic carboxylic acids is 1. The lowest BCUT2D eigenvalue weighted by Crippen LogP contribution is -2.47. The molecule has 6 nitrogen and oxygen atoms in total. The Bertz CT molecular complexity index is 328. The number of nitrogens with zero attached hydrogens (tertiary/aromatic N) is 1. The van der Waals surface area contributed by atoms with Gasteiger partial charge in [-0.15, -0.1) is 0 Å². The van der Waals surface area contributed by atoms with Crippen LogP contribution in [-0.2, 0) is 15.0 Å². The second-order valence-electron chi connectivity index (χ2n) is 3.54. The van der Waals surface area contributed by atoms with Crippen molar-refractivity contribution in [3.8, 4) is 0 Å². The van der Waals surface area contributed by atoms with Crippen LogP contribution < -0.4 is 4.72 Å². The minimum atomic E-state index is -3.48. The Morgan fingerprint density at radius 1 is 1.60 bits per heavy atom. The molecule has 0 aromatic carbocycles. The summed E-state index contributed by atoms with van der Waals surface area (Å²) in [6.45, 7) is 2.48. The standard InChI is InChI=1S/C8H16N2O4S/c1-2-9-15(13,14)10-5-3-4-7(6-10)8(11)12/h7,9H,2-6H2,1H3,(H,11,12). The van der Waals surface area contributed by atoms with Gasteiger partial charge in [0.2, 0.25) is 0 Å².